The van der Waals surface area contributed by atoms with Crippen LogP contribution in [0, 0.1) is 0 Å². The highest BCUT2D eigenvalue weighted by molar-refractivity contribution is 7.15. The molecule has 8 heteroatoms. The van der Waals surface area contributed by atoms with Crippen LogP contribution in [0.5, 0.6) is 0 Å². The van der Waals surface area contributed by atoms with E-state index in [0.29, 0.717) is 31.7 Å². The SMILES string of the molecule is O=C(c1cn2ccsc2n1)N1CC[C@@]23OC[C@@H](c4ccccc4)N2C(=O)C[C@@H]13. The topological polar surface area (TPSA) is 67.2 Å². The lowest BCUT2D eigenvalue weighted by Gasteiger charge is -2.33. The number of likely N-dealkylation sites (tertiary alicyclic amines) is 1. The molecule has 142 valence electrons. The first-order valence-electron chi connectivity index (χ1n) is 9.42. The molecule has 3 fully saturated rings. The van der Waals surface area contributed by atoms with Gasteiger partial charge in [0.05, 0.1) is 25.1 Å². The first-order valence-corrected chi connectivity index (χ1v) is 10.3. The van der Waals surface area contributed by atoms with E-state index in [1.54, 1.807) is 11.1 Å². The van der Waals surface area contributed by atoms with Crippen molar-refractivity contribution in [1.82, 2.24) is 19.2 Å². The number of carbonyl (C=O) groups excluding carboxylic acids is 2. The number of amides is 2. The third-order valence-electron chi connectivity index (χ3n) is 6.21. The lowest BCUT2D eigenvalue weighted by atomic mass is 10.0. The second kappa shape index (κ2) is 5.65. The molecule has 0 bridgehead atoms. The minimum Gasteiger partial charge on any atom is -0.351 e. The molecule has 3 saturated heterocycles. The summed E-state index contributed by atoms with van der Waals surface area (Å²) in [6, 6.07) is 9.63. The van der Waals surface area contributed by atoms with E-state index in [-0.39, 0.29) is 23.9 Å². The summed E-state index contributed by atoms with van der Waals surface area (Å²) in [7, 11) is 0. The number of nitrogens with zero attached hydrogens (tertiary/aromatic N) is 4. The summed E-state index contributed by atoms with van der Waals surface area (Å²) in [4.78, 5) is 35.0. The van der Waals surface area contributed by atoms with Crippen LogP contribution < -0.4 is 0 Å². The van der Waals surface area contributed by atoms with Gasteiger partial charge in [-0.25, -0.2) is 4.98 Å². The normalized spacial score (nSPS) is 28.9. The molecule has 28 heavy (non-hydrogen) atoms. The van der Waals surface area contributed by atoms with Crippen LogP contribution in [0.3, 0.4) is 0 Å². The Hall–Kier alpha value is -2.71. The van der Waals surface area contributed by atoms with E-state index in [2.05, 4.69) is 4.98 Å². The molecule has 3 aliphatic rings. The predicted octanol–water partition coefficient (Wildman–Crippen LogP) is 2.31. The van der Waals surface area contributed by atoms with Gasteiger partial charge in [0.25, 0.3) is 5.91 Å². The Kier molecular flexibility index (Phi) is 3.28. The molecule has 3 aromatic rings. The highest BCUT2D eigenvalue weighted by Gasteiger charge is 2.65. The van der Waals surface area contributed by atoms with Crippen molar-refractivity contribution in [2.45, 2.75) is 30.7 Å². The van der Waals surface area contributed by atoms with Crippen LogP contribution in [0.2, 0.25) is 0 Å². The van der Waals surface area contributed by atoms with Crippen LogP contribution in [0.1, 0.15) is 34.9 Å². The Labute approximate surface area is 165 Å². The largest absolute Gasteiger partial charge is 0.351 e. The minimum atomic E-state index is -0.704. The monoisotopic (exact) mass is 394 g/mol. The predicted molar refractivity (Wildman–Crippen MR) is 102 cm³/mol. The molecule has 0 aliphatic carbocycles. The molecule has 3 aliphatic heterocycles. The average Bonchev–Trinajstić information content (AvgIpc) is 3.47. The van der Waals surface area contributed by atoms with Crippen molar-refractivity contribution in [3.63, 3.8) is 0 Å². The van der Waals surface area contributed by atoms with Crippen molar-refractivity contribution in [1.29, 1.82) is 0 Å². The Morgan fingerprint density at radius 1 is 1.29 bits per heavy atom. The lowest BCUT2D eigenvalue weighted by molar-refractivity contribution is -0.138. The van der Waals surface area contributed by atoms with Crippen molar-refractivity contribution in [2.24, 2.45) is 0 Å². The van der Waals surface area contributed by atoms with Gasteiger partial charge in [-0.1, -0.05) is 30.3 Å². The van der Waals surface area contributed by atoms with Crippen LogP contribution in [0.4, 0.5) is 0 Å². The molecule has 1 aromatic carbocycles. The average molecular weight is 394 g/mol. The van der Waals surface area contributed by atoms with E-state index in [0.717, 1.165) is 10.5 Å². The van der Waals surface area contributed by atoms with Gasteiger partial charge < -0.3 is 14.5 Å². The van der Waals surface area contributed by atoms with Crippen molar-refractivity contribution in [2.75, 3.05) is 13.2 Å². The van der Waals surface area contributed by atoms with Gasteiger partial charge in [-0.05, 0) is 5.56 Å². The molecule has 0 saturated carbocycles. The van der Waals surface area contributed by atoms with Gasteiger partial charge in [-0.2, -0.15) is 0 Å². The maximum absolute atomic E-state index is 13.2. The van der Waals surface area contributed by atoms with Crippen molar-refractivity contribution < 1.29 is 14.3 Å². The molecule has 0 radical (unpaired) electrons. The van der Waals surface area contributed by atoms with E-state index >= 15 is 0 Å². The number of hydrogen-bond donors (Lipinski definition) is 0. The summed E-state index contributed by atoms with van der Waals surface area (Å²) < 4.78 is 8.13. The van der Waals surface area contributed by atoms with E-state index in [1.807, 2.05) is 51.2 Å². The van der Waals surface area contributed by atoms with Crippen molar-refractivity contribution >= 4 is 28.1 Å². The van der Waals surface area contributed by atoms with Crippen LogP contribution in [-0.2, 0) is 9.53 Å². The van der Waals surface area contributed by atoms with Gasteiger partial charge in [-0.15, -0.1) is 11.3 Å². The van der Waals surface area contributed by atoms with E-state index in [4.69, 9.17) is 4.74 Å². The third-order valence-corrected chi connectivity index (χ3v) is 6.98. The number of imidazole rings is 1. The van der Waals surface area contributed by atoms with Gasteiger partial charge in [0.15, 0.2) is 10.7 Å². The smallest absolute Gasteiger partial charge is 0.274 e. The second-order valence-corrected chi connectivity index (χ2v) is 8.41. The number of thiazole rings is 1. The second-order valence-electron chi connectivity index (χ2n) is 7.53. The number of fused-ring (bicyclic) bond motifs is 1. The number of aromatic nitrogens is 2. The number of carbonyl (C=O) groups is 2. The fourth-order valence-corrected chi connectivity index (χ4v) is 5.69. The standard InChI is InChI=1S/C20H18N4O3S/c25-17-10-16-20(24(17)15(12-27-20)13-4-2-1-3-5-13)6-7-23(16)18(26)14-11-22-8-9-28-19(22)21-14/h1-5,8-9,11,15-16H,6-7,10,12H2/t15-,16+,20-/m0/s1. The molecule has 2 aromatic heterocycles. The highest BCUT2D eigenvalue weighted by atomic mass is 32.1. The zero-order valence-corrected chi connectivity index (χ0v) is 15.8. The fraction of sp³-hybridized carbons (Fsp3) is 0.350. The molecular formula is C20H18N4O3S. The first-order chi connectivity index (χ1) is 13.7. The maximum atomic E-state index is 13.2. The molecule has 1 spiro atoms. The molecule has 5 heterocycles. The van der Waals surface area contributed by atoms with Gasteiger partial charge >= 0.3 is 0 Å². The molecule has 7 nitrogen and oxygen atoms in total. The van der Waals surface area contributed by atoms with Crippen LogP contribution in [-0.4, -0.2) is 55.9 Å². The molecule has 2 amide bonds. The Bertz CT molecular complexity index is 1060. The van der Waals surface area contributed by atoms with E-state index in [9.17, 15) is 9.59 Å². The molecule has 0 unspecified atom stereocenters. The van der Waals surface area contributed by atoms with Gasteiger partial charge in [0, 0.05) is 30.7 Å². The summed E-state index contributed by atoms with van der Waals surface area (Å²) in [5.74, 6) is -0.0705. The quantitative estimate of drug-likeness (QED) is 0.669. The zero-order valence-electron chi connectivity index (χ0n) is 15.0. The minimum absolute atomic E-state index is 0.0553. The summed E-state index contributed by atoms with van der Waals surface area (Å²) in [5.41, 5.74) is 0.796. The van der Waals surface area contributed by atoms with Gasteiger partial charge in [0.1, 0.15) is 5.69 Å². The Balaban J connectivity index is 1.33. The van der Waals surface area contributed by atoms with Gasteiger partial charge in [0.2, 0.25) is 5.91 Å². The van der Waals surface area contributed by atoms with Crippen molar-refractivity contribution in [3.8, 4) is 0 Å². The summed E-state index contributed by atoms with van der Waals surface area (Å²) in [5, 5.41) is 1.94. The summed E-state index contributed by atoms with van der Waals surface area (Å²) in [6.45, 7) is 1.04. The van der Waals surface area contributed by atoms with E-state index in [1.165, 1.54) is 11.3 Å². The van der Waals surface area contributed by atoms with E-state index < -0.39 is 5.72 Å². The Morgan fingerprint density at radius 3 is 2.96 bits per heavy atom. The molecular weight excluding hydrogens is 376 g/mol. The van der Waals surface area contributed by atoms with Crippen LogP contribution >= 0.6 is 11.3 Å². The zero-order chi connectivity index (χ0) is 18.9. The molecule has 0 N–H and O–H groups in total. The molecule has 6 rings (SSSR count). The lowest BCUT2D eigenvalue weighted by Crippen LogP contribution is -2.49. The maximum Gasteiger partial charge on any atom is 0.274 e. The number of benzene rings is 1. The molecule has 3 atom stereocenters. The third kappa shape index (κ3) is 2.04. The van der Waals surface area contributed by atoms with Crippen LogP contribution in [0.25, 0.3) is 4.96 Å². The summed E-state index contributed by atoms with van der Waals surface area (Å²) in [6.07, 6.45) is 4.59. The number of hydrogen-bond acceptors (Lipinski definition) is 5. The Morgan fingerprint density at radius 2 is 2.14 bits per heavy atom. The fourth-order valence-electron chi connectivity index (χ4n) is 4.99. The number of ether oxygens (including phenoxy) is 1. The number of rotatable bonds is 2. The van der Waals surface area contributed by atoms with Crippen LogP contribution in [0.15, 0.2) is 48.1 Å². The highest BCUT2D eigenvalue weighted by Crippen LogP contribution is 2.51. The van der Waals surface area contributed by atoms with Crippen molar-refractivity contribution in [3.05, 3.63) is 59.4 Å². The van der Waals surface area contributed by atoms with Gasteiger partial charge in [-0.3, -0.25) is 14.0 Å². The summed E-state index contributed by atoms with van der Waals surface area (Å²) >= 11 is 1.49. The first kappa shape index (κ1) is 16.3.